The van der Waals surface area contributed by atoms with Crippen LogP contribution in [0.2, 0.25) is 0 Å². The number of amides is 1. The molecule has 3 nitrogen and oxygen atoms in total. The van der Waals surface area contributed by atoms with Gasteiger partial charge < -0.3 is 5.32 Å². The third-order valence-corrected chi connectivity index (χ3v) is 2.99. The lowest BCUT2D eigenvalue weighted by atomic mass is 9.98. The van der Waals surface area contributed by atoms with E-state index in [-0.39, 0.29) is 11.7 Å². The molecule has 0 aliphatic heterocycles. The van der Waals surface area contributed by atoms with E-state index in [0.29, 0.717) is 23.2 Å². The summed E-state index contributed by atoms with van der Waals surface area (Å²) in [5.41, 5.74) is 1.45. The lowest BCUT2D eigenvalue weighted by Crippen LogP contribution is -2.26. The van der Waals surface area contributed by atoms with E-state index >= 15 is 0 Å². The smallest absolute Gasteiger partial charge is 0.252 e. The monoisotopic (exact) mass is 267 g/mol. The fourth-order valence-corrected chi connectivity index (χ4v) is 1.96. The van der Waals surface area contributed by atoms with Crippen molar-refractivity contribution in [1.29, 1.82) is 0 Å². The van der Waals surface area contributed by atoms with Crippen molar-refractivity contribution in [3.63, 3.8) is 0 Å². The summed E-state index contributed by atoms with van der Waals surface area (Å²) in [7, 11) is 0. The Morgan fingerprint density at radius 2 is 1.50 bits per heavy atom. The first-order valence-electron chi connectivity index (χ1n) is 6.71. The van der Waals surface area contributed by atoms with E-state index in [1.165, 1.54) is 0 Å². The second-order valence-electron chi connectivity index (χ2n) is 4.50. The highest BCUT2D eigenvalue weighted by molar-refractivity contribution is 6.15. The molecular formula is C17H17NO2. The Hall–Kier alpha value is -2.42. The highest BCUT2D eigenvalue weighted by atomic mass is 16.2. The molecule has 2 aromatic rings. The lowest BCUT2D eigenvalue weighted by molar-refractivity contribution is 0.0942. The first kappa shape index (κ1) is 14.0. The molecule has 2 rings (SSSR count). The zero-order valence-electron chi connectivity index (χ0n) is 11.4. The molecule has 0 atom stereocenters. The molecule has 0 aromatic heterocycles. The molecule has 0 bridgehead atoms. The van der Waals surface area contributed by atoms with Gasteiger partial charge in [-0.2, -0.15) is 0 Å². The van der Waals surface area contributed by atoms with Crippen LogP contribution >= 0.6 is 0 Å². The molecule has 0 saturated carbocycles. The molecule has 102 valence electrons. The quantitative estimate of drug-likeness (QED) is 0.846. The van der Waals surface area contributed by atoms with Crippen LogP contribution in [-0.4, -0.2) is 18.2 Å². The molecule has 0 fully saturated rings. The Balaban J connectivity index is 2.33. The number of benzene rings is 2. The molecule has 0 aliphatic rings. The van der Waals surface area contributed by atoms with Crippen molar-refractivity contribution in [1.82, 2.24) is 5.32 Å². The molecular weight excluding hydrogens is 250 g/mol. The Kier molecular flexibility index (Phi) is 4.66. The van der Waals surface area contributed by atoms with E-state index in [1.54, 1.807) is 36.4 Å². The van der Waals surface area contributed by atoms with Crippen LogP contribution in [0.3, 0.4) is 0 Å². The molecule has 0 heterocycles. The summed E-state index contributed by atoms with van der Waals surface area (Å²) in [5.74, 6) is -0.334. The van der Waals surface area contributed by atoms with Gasteiger partial charge in [-0.1, -0.05) is 55.5 Å². The maximum atomic E-state index is 12.5. The van der Waals surface area contributed by atoms with Gasteiger partial charge in [-0.3, -0.25) is 9.59 Å². The van der Waals surface area contributed by atoms with Gasteiger partial charge in [0.15, 0.2) is 5.78 Å². The fourth-order valence-electron chi connectivity index (χ4n) is 1.96. The molecule has 0 radical (unpaired) electrons. The van der Waals surface area contributed by atoms with Gasteiger partial charge in [0.2, 0.25) is 0 Å². The van der Waals surface area contributed by atoms with E-state index in [0.717, 1.165) is 6.42 Å². The number of hydrogen-bond acceptors (Lipinski definition) is 2. The van der Waals surface area contributed by atoms with Crippen LogP contribution in [0.4, 0.5) is 0 Å². The molecule has 0 saturated heterocycles. The molecule has 0 spiro atoms. The second-order valence-corrected chi connectivity index (χ2v) is 4.50. The van der Waals surface area contributed by atoms with Crippen molar-refractivity contribution >= 4 is 11.7 Å². The summed E-state index contributed by atoms with van der Waals surface area (Å²) in [6, 6.07) is 15.9. The Labute approximate surface area is 118 Å². The van der Waals surface area contributed by atoms with E-state index in [4.69, 9.17) is 0 Å². The van der Waals surface area contributed by atoms with E-state index in [2.05, 4.69) is 5.32 Å². The van der Waals surface area contributed by atoms with Crippen LogP contribution in [0.25, 0.3) is 0 Å². The number of ketones is 1. The summed E-state index contributed by atoms with van der Waals surface area (Å²) >= 11 is 0. The molecule has 0 unspecified atom stereocenters. The summed E-state index contributed by atoms with van der Waals surface area (Å²) in [6.07, 6.45) is 0.862. The van der Waals surface area contributed by atoms with Crippen molar-refractivity contribution in [2.45, 2.75) is 13.3 Å². The summed E-state index contributed by atoms with van der Waals surface area (Å²) in [5, 5.41) is 2.80. The van der Waals surface area contributed by atoms with Crippen LogP contribution in [-0.2, 0) is 0 Å². The fraction of sp³-hybridized carbons (Fsp3) is 0.176. The number of nitrogens with one attached hydrogen (secondary N) is 1. The highest BCUT2D eigenvalue weighted by Crippen LogP contribution is 2.14. The van der Waals surface area contributed by atoms with Crippen molar-refractivity contribution in [2.75, 3.05) is 6.54 Å². The first-order chi connectivity index (χ1) is 9.74. The van der Waals surface area contributed by atoms with Crippen molar-refractivity contribution < 1.29 is 9.59 Å². The van der Waals surface area contributed by atoms with Crippen LogP contribution < -0.4 is 5.32 Å². The minimum Gasteiger partial charge on any atom is -0.352 e. The standard InChI is InChI=1S/C17H17NO2/c1-2-12-18-17(20)15-11-7-6-10-14(15)16(19)13-8-4-3-5-9-13/h3-11H,2,12H2,1H3,(H,18,20). The van der Waals surface area contributed by atoms with Gasteiger partial charge in [0, 0.05) is 17.7 Å². The summed E-state index contributed by atoms with van der Waals surface area (Å²) in [4.78, 5) is 24.6. The average Bonchev–Trinajstić information content (AvgIpc) is 2.52. The number of carbonyl (C=O) groups is 2. The van der Waals surface area contributed by atoms with Crippen LogP contribution in [0.1, 0.15) is 39.6 Å². The minimum atomic E-state index is -0.202. The summed E-state index contributed by atoms with van der Waals surface area (Å²) in [6.45, 7) is 2.59. The van der Waals surface area contributed by atoms with Gasteiger partial charge in [-0.05, 0) is 12.5 Å². The normalized spacial score (nSPS) is 10.1. The molecule has 0 aliphatic carbocycles. The molecule has 1 amide bonds. The minimum absolute atomic E-state index is 0.132. The third-order valence-electron chi connectivity index (χ3n) is 2.99. The van der Waals surface area contributed by atoms with Gasteiger partial charge in [0.05, 0.1) is 5.56 Å². The van der Waals surface area contributed by atoms with Crippen LogP contribution in [0.15, 0.2) is 54.6 Å². The van der Waals surface area contributed by atoms with Crippen molar-refractivity contribution in [2.24, 2.45) is 0 Å². The van der Waals surface area contributed by atoms with E-state index in [1.807, 2.05) is 25.1 Å². The maximum absolute atomic E-state index is 12.5. The maximum Gasteiger partial charge on any atom is 0.252 e. The second kappa shape index (κ2) is 6.66. The van der Waals surface area contributed by atoms with Gasteiger partial charge in [0.1, 0.15) is 0 Å². The molecule has 3 heteroatoms. The van der Waals surface area contributed by atoms with Crippen molar-refractivity contribution in [3.8, 4) is 0 Å². The first-order valence-corrected chi connectivity index (χ1v) is 6.71. The Bertz CT molecular complexity index is 605. The number of hydrogen-bond donors (Lipinski definition) is 1. The Morgan fingerprint density at radius 3 is 2.15 bits per heavy atom. The molecule has 1 N–H and O–H groups in total. The highest BCUT2D eigenvalue weighted by Gasteiger charge is 2.17. The largest absolute Gasteiger partial charge is 0.352 e. The topological polar surface area (TPSA) is 46.2 Å². The summed E-state index contributed by atoms with van der Waals surface area (Å²) < 4.78 is 0. The van der Waals surface area contributed by atoms with E-state index in [9.17, 15) is 9.59 Å². The van der Waals surface area contributed by atoms with Crippen LogP contribution in [0.5, 0.6) is 0 Å². The van der Waals surface area contributed by atoms with Gasteiger partial charge >= 0.3 is 0 Å². The van der Waals surface area contributed by atoms with E-state index < -0.39 is 0 Å². The number of carbonyl (C=O) groups excluding carboxylic acids is 2. The predicted octanol–water partition coefficient (Wildman–Crippen LogP) is 3.06. The molecule has 2 aromatic carbocycles. The SMILES string of the molecule is CCCNC(=O)c1ccccc1C(=O)c1ccccc1. The van der Waals surface area contributed by atoms with Gasteiger partial charge in [-0.15, -0.1) is 0 Å². The van der Waals surface area contributed by atoms with Gasteiger partial charge in [-0.25, -0.2) is 0 Å². The Morgan fingerprint density at radius 1 is 0.900 bits per heavy atom. The number of rotatable bonds is 5. The predicted molar refractivity (Wildman–Crippen MR) is 78.9 cm³/mol. The lowest BCUT2D eigenvalue weighted by Gasteiger charge is -2.09. The van der Waals surface area contributed by atoms with Crippen molar-refractivity contribution in [3.05, 3.63) is 71.3 Å². The average molecular weight is 267 g/mol. The zero-order chi connectivity index (χ0) is 14.4. The zero-order valence-corrected chi connectivity index (χ0v) is 11.4. The molecule has 20 heavy (non-hydrogen) atoms. The van der Waals surface area contributed by atoms with Gasteiger partial charge in [0.25, 0.3) is 5.91 Å². The van der Waals surface area contributed by atoms with Crippen LogP contribution in [0, 0.1) is 0 Å². The third kappa shape index (κ3) is 3.12.